The first-order chi connectivity index (χ1) is 9.92. The second-order valence-corrected chi connectivity index (χ2v) is 6.04. The standard InChI is InChI=1S/C16H14BrClO3/c1-9-3-12(10(2)13(17)4-9)8-21-16-6-15(20)11(7-19)5-14(16)18/h3-7,20H,8H2,1-2H3. The van der Waals surface area contributed by atoms with Crippen molar-refractivity contribution < 1.29 is 14.6 Å². The Kier molecular flexibility index (Phi) is 4.91. The first kappa shape index (κ1) is 15.9. The van der Waals surface area contributed by atoms with Gasteiger partial charge in [0, 0.05) is 10.5 Å². The van der Waals surface area contributed by atoms with Crippen molar-refractivity contribution >= 4 is 33.8 Å². The van der Waals surface area contributed by atoms with Gasteiger partial charge in [0.25, 0.3) is 0 Å². The Morgan fingerprint density at radius 3 is 2.67 bits per heavy atom. The molecular formula is C16H14BrClO3. The molecule has 2 rings (SSSR count). The summed E-state index contributed by atoms with van der Waals surface area (Å²) in [7, 11) is 0. The van der Waals surface area contributed by atoms with Gasteiger partial charge in [0.2, 0.25) is 0 Å². The van der Waals surface area contributed by atoms with E-state index < -0.39 is 0 Å². The zero-order valence-corrected chi connectivity index (χ0v) is 14.0. The monoisotopic (exact) mass is 368 g/mol. The van der Waals surface area contributed by atoms with Crippen molar-refractivity contribution in [1.82, 2.24) is 0 Å². The van der Waals surface area contributed by atoms with E-state index in [1.807, 2.05) is 26.0 Å². The molecule has 0 spiro atoms. The van der Waals surface area contributed by atoms with Gasteiger partial charge in [-0.3, -0.25) is 4.79 Å². The highest BCUT2D eigenvalue weighted by atomic mass is 79.9. The SMILES string of the molecule is Cc1cc(Br)c(C)c(COc2cc(O)c(C=O)cc2Cl)c1. The molecule has 0 aliphatic heterocycles. The second-order valence-electron chi connectivity index (χ2n) is 4.78. The minimum Gasteiger partial charge on any atom is -0.507 e. The van der Waals surface area contributed by atoms with Gasteiger partial charge in [-0.15, -0.1) is 0 Å². The lowest BCUT2D eigenvalue weighted by Gasteiger charge is -2.13. The molecule has 2 aromatic carbocycles. The molecule has 0 amide bonds. The van der Waals surface area contributed by atoms with Gasteiger partial charge in [-0.05, 0) is 42.7 Å². The van der Waals surface area contributed by atoms with Gasteiger partial charge in [-0.25, -0.2) is 0 Å². The Morgan fingerprint density at radius 2 is 2.00 bits per heavy atom. The fraction of sp³-hybridized carbons (Fsp3) is 0.188. The van der Waals surface area contributed by atoms with Crippen LogP contribution in [0.15, 0.2) is 28.7 Å². The molecule has 21 heavy (non-hydrogen) atoms. The van der Waals surface area contributed by atoms with Crippen molar-refractivity contribution in [3.05, 3.63) is 56.0 Å². The smallest absolute Gasteiger partial charge is 0.153 e. The third kappa shape index (κ3) is 3.57. The minimum absolute atomic E-state index is 0.141. The number of ether oxygens (including phenoxy) is 1. The topological polar surface area (TPSA) is 46.5 Å². The van der Waals surface area contributed by atoms with Gasteiger partial charge in [0.05, 0.1) is 10.6 Å². The summed E-state index contributed by atoms with van der Waals surface area (Å²) in [5.41, 5.74) is 3.38. The van der Waals surface area contributed by atoms with Crippen LogP contribution in [0.4, 0.5) is 0 Å². The Bertz CT molecular complexity index is 698. The average molecular weight is 370 g/mol. The number of hydrogen-bond acceptors (Lipinski definition) is 3. The van der Waals surface area contributed by atoms with Crippen molar-refractivity contribution in [1.29, 1.82) is 0 Å². The zero-order chi connectivity index (χ0) is 15.6. The van der Waals surface area contributed by atoms with E-state index >= 15 is 0 Å². The van der Waals surface area contributed by atoms with Crippen LogP contribution in [-0.2, 0) is 6.61 Å². The van der Waals surface area contributed by atoms with Crippen molar-refractivity contribution in [3.8, 4) is 11.5 Å². The Balaban J connectivity index is 2.25. The zero-order valence-electron chi connectivity index (χ0n) is 11.6. The highest BCUT2D eigenvalue weighted by molar-refractivity contribution is 9.10. The van der Waals surface area contributed by atoms with Gasteiger partial charge in [0.15, 0.2) is 6.29 Å². The van der Waals surface area contributed by atoms with E-state index in [1.165, 1.54) is 12.1 Å². The van der Waals surface area contributed by atoms with Gasteiger partial charge >= 0.3 is 0 Å². The normalized spacial score (nSPS) is 10.5. The van der Waals surface area contributed by atoms with E-state index in [9.17, 15) is 9.90 Å². The number of aromatic hydroxyl groups is 1. The summed E-state index contributed by atoms with van der Waals surface area (Å²) < 4.78 is 6.69. The summed E-state index contributed by atoms with van der Waals surface area (Å²) in [6.45, 7) is 4.33. The van der Waals surface area contributed by atoms with E-state index in [1.54, 1.807) is 0 Å². The van der Waals surface area contributed by atoms with Crippen LogP contribution in [0.3, 0.4) is 0 Å². The number of phenols is 1. The lowest BCUT2D eigenvalue weighted by Crippen LogP contribution is -2.00. The van der Waals surface area contributed by atoms with Crippen LogP contribution in [0.25, 0.3) is 0 Å². The van der Waals surface area contributed by atoms with Crippen molar-refractivity contribution in [2.45, 2.75) is 20.5 Å². The summed E-state index contributed by atoms with van der Waals surface area (Å²) >= 11 is 9.55. The number of carbonyl (C=O) groups is 1. The molecule has 0 heterocycles. The first-order valence-corrected chi connectivity index (χ1v) is 7.45. The Labute approximate surface area is 136 Å². The van der Waals surface area contributed by atoms with Crippen LogP contribution >= 0.6 is 27.5 Å². The third-order valence-corrected chi connectivity index (χ3v) is 4.31. The van der Waals surface area contributed by atoms with Crippen molar-refractivity contribution in [2.24, 2.45) is 0 Å². The maximum atomic E-state index is 10.7. The molecule has 0 unspecified atom stereocenters. The van der Waals surface area contributed by atoms with Crippen molar-refractivity contribution in [3.63, 3.8) is 0 Å². The molecule has 0 fully saturated rings. The number of hydrogen-bond donors (Lipinski definition) is 1. The summed E-state index contributed by atoms with van der Waals surface area (Å²) in [5.74, 6) is 0.198. The predicted octanol–water partition coefficient (Wildman–Crippen LogP) is 4.82. The molecule has 1 N–H and O–H groups in total. The molecule has 110 valence electrons. The third-order valence-electron chi connectivity index (χ3n) is 3.19. The van der Waals surface area contributed by atoms with Crippen LogP contribution in [0.1, 0.15) is 27.0 Å². The fourth-order valence-electron chi connectivity index (χ4n) is 1.95. The largest absolute Gasteiger partial charge is 0.507 e. The van der Waals surface area contributed by atoms with Crippen LogP contribution in [0, 0.1) is 13.8 Å². The van der Waals surface area contributed by atoms with E-state index in [2.05, 4.69) is 15.9 Å². The average Bonchev–Trinajstić information content (AvgIpc) is 2.44. The van der Waals surface area contributed by atoms with E-state index in [-0.39, 0.29) is 11.3 Å². The molecule has 0 aliphatic rings. The highest BCUT2D eigenvalue weighted by Gasteiger charge is 2.10. The number of phenolic OH excluding ortho intramolecular Hbond substituents is 1. The lowest BCUT2D eigenvalue weighted by atomic mass is 10.1. The number of aryl methyl sites for hydroxylation is 1. The molecule has 0 radical (unpaired) electrons. The van der Waals surface area contributed by atoms with E-state index in [4.69, 9.17) is 16.3 Å². The predicted molar refractivity (Wildman–Crippen MR) is 86.5 cm³/mol. The molecule has 5 heteroatoms. The second kappa shape index (κ2) is 6.50. The Morgan fingerprint density at radius 1 is 1.29 bits per heavy atom. The van der Waals surface area contributed by atoms with E-state index in [0.29, 0.717) is 23.7 Å². The molecule has 0 aromatic heterocycles. The van der Waals surface area contributed by atoms with Crippen LogP contribution in [-0.4, -0.2) is 11.4 Å². The Hall–Kier alpha value is -1.52. The van der Waals surface area contributed by atoms with Gasteiger partial charge < -0.3 is 9.84 Å². The van der Waals surface area contributed by atoms with Gasteiger partial charge in [-0.2, -0.15) is 0 Å². The molecule has 0 atom stereocenters. The summed E-state index contributed by atoms with van der Waals surface area (Å²) in [4.78, 5) is 10.7. The quantitative estimate of drug-likeness (QED) is 0.786. The maximum Gasteiger partial charge on any atom is 0.153 e. The molecule has 0 saturated heterocycles. The molecule has 2 aromatic rings. The summed E-state index contributed by atoms with van der Waals surface area (Å²) in [5, 5.41) is 9.97. The number of carbonyl (C=O) groups excluding carboxylic acids is 1. The molecule has 3 nitrogen and oxygen atoms in total. The lowest BCUT2D eigenvalue weighted by molar-refractivity contribution is 0.112. The number of aldehydes is 1. The summed E-state index contributed by atoms with van der Waals surface area (Å²) in [6.07, 6.45) is 0.548. The van der Waals surface area contributed by atoms with Crippen molar-refractivity contribution in [2.75, 3.05) is 0 Å². The maximum absolute atomic E-state index is 10.7. The first-order valence-electron chi connectivity index (χ1n) is 6.28. The van der Waals surface area contributed by atoms with E-state index in [0.717, 1.165) is 21.2 Å². The number of rotatable bonds is 4. The molecule has 0 saturated carbocycles. The highest BCUT2D eigenvalue weighted by Crippen LogP contribution is 2.32. The van der Waals surface area contributed by atoms with Crippen LogP contribution in [0.5, 0.6) is 11.5 Å². The van der Waals surface area contributed by atoms with Crippen LogP contribution in [0.2, 0.25) is 5.02 Å². The number of benzene rings is 2. The number of halogens is 2. The fourth-order valence-corrected chi connectivity index (χ4v) is 2.80. The molecule has 0 bridgehead atoms. The van der Waals surface area contributed by atoms with Crippen LogP contribution < -0.4 is 4.74 Å². The van der Waals surface area contributed by atoms with Gasteiger partial charge in [-0.1, -0.05) is 33.6 Å². The molecular weight excluding hydrogens is 356 g/mol. The minimum atomic E-state index is -0.147. The molecule has 0 aliphatic carbocycles. The summed E-state index contributed by atoms with van der Waals surface area (Å²) in [6, 6.07) is 6.81. The van der Waals surface area contributed by atoms with Gasteiger partial charge in [0.1, 0.15) is 18.1 Å².